The van der Waals surface area contributed by atoms with Gasteiger partial charge in [0.15, 0.2) is 0 Å². The molecule has 1 aromatic rings. The van der Waals surface area contributed by atoms with Gasteiger partial charge in [-0.3, -0.25) is 4.31 Å². The van der Waals surface area contributed by atoms with Crippen LogP contribution >= 0.6 is 0 Å². The van der Waals surface area contributed by atoms with Crippen LogP contribution in [0.2, 0.25) is 0 Å². The van der Waals surface area contributed by atoms with E-state index in [0.29, 0.717) is 30.8 Å². The molecule has 6 nitrogen and oxygen atoms in total. The molecule has 1 aliphatic carbocycles. The van der Waals surface area contributed by atoms with E-state index in [-0.39, 0.29) is 10.6 Å². The number of hydrogen-bond acceptors (Lipinski definition) is 4. The summed E-state index contributed by atoms with van der Waals surface area (Å²) in [5.41, 5.74) is 2.42. The lowest BCUT2D eigenvalue weighted by atomic mass is 9.97. The molecule has 3 rings (SSSR count). The summed E-state index contributed by atoms with van der Waals surface area (Å²) in [7, 11) is -6.92. The maximum absolute atomic E-state index is 12.6. The van der Waals surface area contributed by atoms with Crippen molar-refractivity contribution in [3.63, 3.8) is 0 Å². The highest BCUT2D eigenvalue weighted by Gasteiger charge is 2.27. The summed E-state index contributed by atoms with van der Waals surface area (Å²) in [5, 5.41) is 0. The summed E-state index contributed by atoms with van der Waals surface area (Å²) >= 11 is 0. The van der Waals surface area contributed by atoms with Crippen LogP contribution in [0.3, 0.4) is 0 Å². The molecule has 1 fully saturated rings. The van der Waals surface area contributed by atoms with Crippen LogP contribution in [0.4, 0.5) is 5.69 Å². The maximum Gasteiger partial charge on any atom is 0.240 e. The van der Waals surface area contributed by atoms with E-state index < -0.39 is 20.0 Å². The molecule has 1 N–H and O–H groups in total. The Labute approximate surface area is 162 Å². The van der Waals surface area contributed by atoms with Crippen molar-refractivity contribution in [1.82, 2.24) is 4.72 Å². The third kappa shape index (κ3) is 4.92. The zero-order valence-corrected chi connectivity index (χ0v) is 17.4. The molecule has 0 amide bonds. The van der Waals surface area contributed by atoms with Crippen molar-refractivity contribution >= 4 is 25.7 Å². The first kappa shape index (κ1) is 20.4. The van der Waals surface area contributed by atoms with Gasteiger partial charge in [0.25, 0.3) is 0 Å². The molecule has 0 saturated carbocycles. The van der Waals surface area contributed by atoms with Crippen molar-refractivity contribution in [3.8, 4) is 0 Å². The average molecular weight is 413 g/mol. The van der Waals surface area contributed by atoms with Gasteiger partial charge < -0.3 is 0 Å². The maximum atomic E-state index is 12.6. The quantitative estimate of drug-likeness (QED) is 0.728. The van der Waals surface area contributed by atoms with E-state index in [1.165, 1.54) is 28.8 Å². The Balaban J connectivity index is 1.71. The summed E-state index contributed by atoms with van der Waals surface area (Å²) in [4.78, 5) is 0.207. The minimum Gasteiger partial charge on any atom is -0.270 e. The highest BCUT2D eigenvalue weighted by Crippen LogP contribution is 2.27. The van der Waals surface area contributed by atoms with E-state index in [2.05, 4.69) is 10.8 Å². The fourth-order valence-electron chi connectivity index (χ4n) is 3.72. The highest BCUT2D eigenvalue weighted by molar-refractivity contribution is 7.92. The number of anilines is 1. The smallest absolute Gasteiger partial charge is 0.240 e. The van der Waals surface area contributed by atoms with Crippen molar-refractivity contribution in [2.75, 3.05) is 23.1 Å². The van der Waals surface area contributed by atoms with E-state index in [1.54, 1.807) is 19.1 Å². The molecule has 2 aliphatic rings. The van der Waals surface area contributed by atoms with Gasteiger partial charge in [-0.15, -0.1) is 0 Å². The second kappa shape index (κ2) is 8.32. The largest absolute Gasteiger partial charge is 0.270 e. The van der Waals surface area contributed by atoms with Gasteiger partial charge in [0.1, 0.15) is 0 Å². The van der Waals surface area contributed by atoms with Crippen LogP contribution in [0.15, 0.2) is 34.7 Å². The van der Waals surface area contributed by atoms with Gasteiger partial charge >= 0.3 is 0 Å². The molecule has 150 valence electrons. The van der Waals surface area contributed by atoms with Crippen LogP contribution in [0.5, 0.6) is 0 Å². The minimum absolute atomic E-state index is 0.142. The predicted octanol–water partition coefficient (Wildman–Crippen LogP) is 3.09. The molecular formula is C19H28N2O4S2. The third-order valence-corrected chi connectivity index (χ3v) is 8.70. The fourth-order valence-corrected chi connectivity index (χ4v) is 6.61. The van der Waals surface area contributed by atoms with Crippen molar-refractivity contribution in [3.05, 3.63) is 35.4 Å². The minimum atomic E-state index is -3.61. The van der Waals surface area contributed by atoms with Gasteiger partial charge in [0.05, 0.1) is 16.3 Å². The average Bonchev–Trinajstić information content (AvgIpc) is 2.62. The lowest BCUT2D eigenvalue weighted by molar-refractivity contribution is 0.574. The Kier molecular flexibility index (Phi) is 6.28. The summed E-state index contributed by atoms with van der Waals surface area (Å²) in [6.45, 7) is 2.54. The van der Waals surface area contributed by atoms with E-state index >= 15 is 0 Å². The number of sulfonamides is 2. The standard InChI is InChI=1S/C19H28N2O4S2/c1-16-15-18(21-13-5-6-14-26(21,22)23)9-10-19(16)27(24,25)20-12-11-17-7-3-2-4-8-17/h7,9-10,15,20H,2-6,8,11-14H2,1H3. The van der Waals surface area contributed by atoms with Gasteiger partial charge in [-0.05, 0) is 75.6 Å². The molecule has 0 spiro atoms. The van der Waals surface area contributed by atoms with Crippen LogP contribution in [0, 0.1) is 6.92 Å². The van der Waals surface area contributed by atoms with Crippen LogP contribution in [0.25, 0.3) is 0 Å². The van der Waals surface area contributed by atoms with Gasteiger partial charge in [-0.25, -0.2) is 21.6 Å². The third-order valence-electron chi connectivity index (χ3n) is 5.21. The second-order valence-corrected chi connectivity index (χ2v) is 11.0. The number of rotatable bonds is 6. The number of benzene rings is 1. The molecular weight excluding hydrogens is 384 g/mol. The highest BCUT2D eigenvalue weighted by atomic mass is 32.2. The first-order chi connectivity index (χ1) is 12.8. The normalized spacial score (nSPS) is 20.3. The van der Waals surface area contributed by atoms with Crippen LogP contribution in [-0.4, -0.2) is 35.7 Å². The van der Waals surface area contributed by atoms with Crippen molar-refractivity contribution < 1.29 is 16.8 Å². The zero-order valence-electron chi connectivity index (χ0n) is 15.8. The number of nitrogens with zero attached hydrogens (tertiary/aromatic N) is 1. The topological polar surface area (TPSA) is 83.6 Å². The van der Waals surface area contributed by atoms with Crippen molar-refractivity contribution in [2.45, 2.75) is 56.8 Å². The summed E-state index contributed by atoms with van der Waals surface area (Å²) in [5.74, 6) is 0.142. The summed E-state index contributed by atoms with van der Waals surface area (Å²) < 4.78 is 53.9. The fraction of sp³-hybridized carbons (Fsp3) is 0.579. The monoisotopic (exact) mass is 412 g/mol. The zero-order chi connectivity index (χ0) is 19.5. The molecule has 0 atom stereocenters. The second-order valence-electron chi connectivity index (χ2n) is 7.30. The van der Waals surface area contributed by atoms with Crippen LogP contribution in [-0.2, 0) is 20.0 Å². The first-order valence-electron chi connectivity index (χ1n) is 9.58. The number of aryl methyl sites for hydroxylation is 1. The Morgan fingerprint density at radius 3 is 2.63 bits per heavy atom. The Hall–Kier alpha value is -1.38. The Bertz CT molecular complexity index is 921. The number of hydrogen-bond donors (Lipinski definition) is 1. The number of allylic oxidation sites excluding steroid dienone is 1. The molecule has 1 aliphatic heterocycles. The van der Waals surface area contributed by atoms with Gasteiger partial charge in [-0.2, -0.15) is 0 Å². The molecule has 0 radical (unpaired) electrons. The van der Waals surface area contributed by atoms with Crippen LogP contribution < -0.4 is 9.03 Å². The van der Waals surface area contributed by atoms with Crippen molar-refractivity contribution in [1.29, 1.82) is 0 Å². The van der Waals surface area contributed by atoms with E-state index in [0.717, 1.165) is 25.7 Å². The Morgan fingerprint density at radius 1 is 1.15 bits per heavy atom. The van der Waals surface area contributed by atoms with Gasteiger partial charge in [-0.1, -0.05) is 11.6 Å². The molecule has 8 heteroatoms. The number of nitrogens with one attached hydrogen (secondary N) is 1. The van der Waals surface area contributed by atoms with E-state index in [1.807, 2.05) is 0 Å². The lowest BCUT2D eigenvalue weighted by Gasteiger charge is -2.28. The van der Waals surface area contributed by atoms with E-state index in [9.17, 15) is 16.8 Å². The molecule has 27 heavy (non-hydrogen) atoms. The first-order valence-corrected chi connectivity index (χ1v) is 12.7. The van der Waals surface area contributed by atoms with Gasteiger partial charge in [0, 0.05) is 13.1 Å². The molecule has 1 aromatic carbocycles. The molecule has 1 saturated heterocycles. The van der Waals surface area contributed by atoms with Crippen LogP contribution in [0.1, 0.15) is 50.5 Å². The van der Waals surface area contributed by atoms with Gasteiger partial charge in [0.2, 0.25) is 20.0 Å². The van der Waals surface area contributed by atoms with Crippen molar-refractivity contribution in [2.24, 2.45) is 0 Å². The molecule has 0 aromatic heterocycles. The SMILES string of the molecule is Cc1cc(N2CCCCS2(=O)=O)ccc1S(=O)(=O)NCCC1=CCCCC1. The summed E-state index contributed by atoms with van der Waals surface area (Å²) in [6, 6.07) is 4.76. The van der Waals surface area contributed by atoms with E-state index in [4.69, 9.17) is 0 Å². The molecule has 1 heterocycles. The molecule has 0 unspecified atom stereocenters. The predicted molar refractivity (Wildman–Crippen MR) is 108 cm³/mol. The Morgan fingerprint density at radius 2 is 1.96 bits per heavy atom. The lowest BCUT2D eigenvalue weighted by Crippen LogP contribution is -2.38. The molecule has 0 bridgehead atoms. The summed E-state index contributed by atoms with van der Waals surface area (Å²) in [6.07, 6.45) is 8.98.